The Morgan fingerprint density at radius 1 is 1.20 bits per heavy atom. The van der Waals surface area contributed by atoms with Crippen LogP contribution >= 0.6 is 0 Å². The van der Waals surface area contributed by atoms with Gasteiger partial charge in [-0.1, -0.05) is 0 Å². The Kier molecular flexibility index (Phi) is 125. The van der Waals surface area contributed by atoms with Crippen LogP contribution in [0.1, 0.15) is 6.92 Å². The van der Waals surface area contributed by atoms with E-state index in [0.29, 0.717) is 0 Å². The predicted molar refractivity (Wildman–Crippen MR) is 47.5 cm³/mol. The van der Waals surface area contributed by atoms with E-state index >= 15 is 0 Å². The number of aliphatic imine (C=N–C) groups is 1. The maximum atomic E-state index is 7.96. The minimum atomic E-state index is 0. The molecule has 0 rings (SSSR count). The van der Waals surface area contributed by atoms with E-state index in [-0.39, 0.29) is 144 Å². The molecule has 0 aromatic rings. The van der Waals surface area contributed by atoms with Gasteiger partial charge in [0, 0.05) is 137 Å². The molecule has 8 heteroatoms. The van der Waals surface area contributed by atoms with Crippen molar-refractivity contribution in [1.82, 2.24) is 10.6 Å². The fraction of sp³-hybridized carbons (Fsp3) is 0.143. The van der Waals surface area contributed by atoms with Gasteiger partial charge in [0.1, 0.15) is 0 Å². The number of hydrogen-bond acceptors (Lipinski definition) is 2. The standard InChI is InChI=1S/C4H6N4.C2H5.CH3.4Y/c1-6-4(7-2)8-3-5;1-2;;;;;/h1-2H2,(H2,6,7,8);1H2,2H3;1H3;;;;/q-2;2*-1;;;;. The summed E-state index contributed by atoms with van der Waals surface area (Å²) in [6, 6.07) is 0. The first kappa shape index (κ1) is 43.0. The summed E-state index contributed by atoms with van der Waals surface area (Å²) in [5.41, 5.74) is 0. The Morgan fingerprint density at radius 3 is 1.60 bits per heavy atom. The molecule has 0 aliphatic rings. The third-order valence-electron chi connectivity index (χ3n) is 0.500. The minimum absolute atomic E-state index is 0. The maximum absolute atomic E-state index is 7.96. The van der Waals surface area contributed by atoms with Gasteiger partial charge in [0.25, 0.3) is 0 Å². The number of hydrogen-bond donors (Lipinski definition) is 2. The summed E-state index contributed by atoms with van der Waals surface area (Å²) in [6.45, 7) is 5.00. The molecule has 0 spiro atoms. The fourth-order valence-electron chi connectivity index (χ4n) is 0.193. The zero-order valence-corrected chi connectivity index (χ0v) is 20.7. The number of guanidine groups is 1. The van der Waals surface area contributed by atoms with Gasteiger partial charge in [0.2, 0.25) is 0 Å². The second-order valence-electron chi connectivity index (χ2n) is 0.920. The monoisotopic (exact) mass is 510 g/mol. The summed E-state index contributed by atoms with van der Waals surface area (Å²) in [7, 11) is 6.39. The van der Waals surface area contributed by atoms with E-state index in [1.807, 2.05) is 0 Å². The van der Waals surface area contributed by atoms with Crippen molar-refractivity contribution in [2.45, 2.75) is 6.92 Å². The van der Waals surface area contributed by atoms with Gasteiger partial charge >= 0.3 is 0 Å². The topological polar surface area (TPSA) is 60.2 Å². The second kappa shape index (κ2) is 43.5. The van der Waals surface area contributed by atoms with Crippen LogP contribution in [0, 0.1) is 39.9 Å². The molecule has 4 radical (unpaired) electrons. The second-order valence-corrected chi connectivity index (χ2v) is 0.920. The summed E-state index contributed by atoms with van der Waals surface area (Å²) in [6.07, 6.45) is 1.65. The van der Waals surface area contributed by atoms with Gasteiger partial charge in [-0.2, -0.15) is 19.2 Å². The van der Waals surface area contributed by atoms with Gasteiger partial charge in [0.05, 0.1) is 0 Å². The fourth-order valence-corrected chi connectivity index (χ4v) is 0.193. The van der Waals surface area contributed by atoms with E-state index in [9.17, 15) is 0 Å². The summed E-state index contributed by atoms with van der Waals surface area (Å²) in [4.78, 5) is 3.36. The van der Waals surface area contributed by atoms with Crippen LogP contribution in [0.3, 0.4) is 0 Å². The van der Waals surface area contributed by atoms with Gasteiger partial charge in [-0.05, 0) is 0 Å². The summed E-state index contributed by atoms with van der Waals surface area (Å²) in [5.74, 6) is 0.257. The molecule has 78 valence electrons. The van der Waals surface area contributed by atoms with Crippen LogP contribution in [0.4, 0.5) is 0 Å². The molecule has 0 bridgehead atoms. The third kappa shape index (κ3) is 38.2. The molecule has 0 aliphatic heterocycles. The van der Waals surface area contributed by atoms with Gasteiger partial charge < -0.3 is 30.0 Å². The van der Waals surface area contributed by atoms with Crippen molar-refractivity contribution in [3.63, 3.8) is 0 Å². The molecule has 0 unspecified atom stereocenters. The maximum Gasteiger partial charge on any atom is 0.166 e. The van der Waals surface area contributed by atoms with Crippen LogP contribution in [0.5, 0.6) is 0 Å². The third-order valence-corrected chi connectivity index (χ3v) is 0.500. The van der Waals surface area contributed by atoms with E-state index in [0.717, 1.165) is 0 Å². The number of nitrogens with zero attached hydrogens (tertiary/aromatic N) is 2. The number of rotatable bonds is 0. The van der Waals surface area contributed by atoms with Gasteiger partial charge in [-0.25, -0.2) is 0 Å². The molecule has 0 aliphatic carbocycles. The molecule has 0 atom stereocenters. The van der Waals surface area contributed by atoms with Crippen molar-refractivity contribution in [2.75, 3.05) is 0 Å². The summed E-state index contributed by atoms with van der Waals surface area (Å²) in [5, 5.41) is 12.5. The van der Waals surface area contributed by atoms with Crippen molar-refractivity contribution < 1.29 is 131 Å². The molecular formula is C7H14N4Y4-4. The van der Waals surface area contributed by atoms with Crippen LogP contribution in [0.25, 0.3) is 0 Å². The molecule has 15 heavy (non-hydrogen) atoms. The first-order valence-electron chi connectivity index (χ1n) is 2.57. The van der Waals surface area contributed by atoms with E-state index in [1.165, 1.54) is 0 Å². The first-order valence-corrected chi connectivity index (χ1v) is 2.57. The smallest absolute Gasteiger partial charge is 0.166 e. The average Bonchev–Trinajstić information content (AvgIpc) is 2.04. The van der Waals surface area contributed by atoms with Crippen LogP contribution in [0.15, 0.2) is 4.99 Å². The van der Waals surface area contributed by atoms with Crippen molar-refractivity contribution in [3.8, 4) is 6.19 Å². The zero-order chi connectivity index (χ0) is 8.41. The van der Waals surface area contributed by atoms with Crippen molar-refractivity contribution in [2.24, 2.45) is 4.99 Å². The quantitative estimate of drug-likeness (QED) is 0.167. The minimum Gasteiger partial charge on any atom is -0.587 e. The van der Waals surface area contributed by atoms with Crippen LogP contribution in [-0.2, 0) is 131 Å². The van der Waals surface area contributed by atoms with E-state index in [1.54, 1.807) is 13.1 Å². The van der Waals surface area contributed by atoms with Crippen LogP contribution in [-0.4, -0.2) is 5.96 Å². The Morgan fingerprint density at radius 2 is 1.53 bits per heavy atom. The number of nitrogens with one attached hydrogen (secondary N) is 2. The molecule has 0 heterocycles. The molecule has 4 nitrogen and oxygen atoms in total. The normalized spacial score (nSPS) is 5.60. The number of nitriles is 1. The largest absolute Gasteiger partial charge is 0.587 e. The summed E-state index contributed by atoms with van der Waals surface area (Å²) < 4.78 is 0. The van der Waals surface area contributed by atoms with Crippen molar-refractivity contribution in [1.29, 1.82) is 5.26 Å². The molecule has 0 amide bonds. The molecule has 0 aromatic heterocycles. The molecule has 0 saturated heterocycles. The van der Waals surface area contributed by atoms with E-state index < -0.39 is 0 Å². The Labute approximate surface area is 195 Å². The van der Waals surface area contributed by atoms with Gasteiger partial charge in [-0.3, -0.25) is 7.05 Å². The van der Waals surface area contributed by atoms with Gasteiger partial charge in [-0.15, -0.1) is 0 Å². The molecule has 0 aromatic carbocycles. The molecule has 0 saturated carbocycles. The zero-order valence-electron chi connectivity index (χ0n) is 9.33. The van der Waals surface area contributed by atoms with Crippen molar-refractivity contribution in [3.05, 3.63) is 28.4 Å². The van der Waals surface area contributed by atoms with Crippen LogP contribution < -0.4 is 10.6 Å². The summed E-state index contributed by atoms with van der Waals surface area (Å²) >= 11 is 0. The SMILES string of the molecule is [CH2-]C.[CH2-]N=C(N[CH2-])NC#N.[CH3-].[Y].[Y].[Y].[Y]. The van der Waals surface area contributed by atoms with Gasteiger partial charge in [0.15, 0.2) is 6.19 Å². The van der Waals surface area contributed by atoms with Crippen LogP contribution in [0.2, 0.25) is 0 Å². The molecular weight excluding hydrogens is 496 g/mol. The Bertz CT molecular complexity index is 135. The molecule has 0 fully saturated rings. The van der Waals surface area contributed by atoms with E-state index in [2.05, 4.69) is 36.6 Å². The molecule has 2 N–H and O–H groups in total. The Hall–Kier alpha value is 3.05. The predicted octanol–water partition coefficient (Wildman–Crippen LogP) is 0.867. The Balaban J connectivity index is -0.0000000172. The van der Waals surface area contributed by atoms with E-state index in [4.69, 9.17) is 5.26 Å². The van der Waals surface area contributed by atoms with Crippen molar-refractivity contribution >= 4 is 5.96 Å². The first-order chi connectivity index (χ1) is 4.85. The average molecular weight is 510 g/mol.